The van der Waals surface area contributed by atoms with E-state index >= 15 is 0 Å². The number of hydrogen-bond donors (Lipinski definition) is 1. The summed E-state index contributed by atoms with van der Waals surface area (Å²) in [5.41, 5.74) is 10.8. The third-order valence-corrected chi connectivity index (χ3v) is 6.34. The van der Waals surface area contributed by atoms with E-state index in [2.05, 4.69) is 77.7 Å². The molecule has 1 fully saturated rings. The van der Waals surface area contributed by atoms with E-state index in [0.717, 1.165) is 55.6 Å². The lowest BCUT2D eigenvalue weighted by Crippen LogP contribution is -2.32. The number of nitrogens with one attached hydrogen (secondary N) is 1. The van der Waals surface area contributed by atoms with Crippen molar-refractivity contribution in [2.24, 2.45) is 0 Å². The summed E-state index contributed by atoms with van der Waals surface area (Å²) < 4.78 is 0. The third kappa shape index (κ3) is 4.09. The average molecular weight is 414 g/mol. The van der Waals surface area contributed by atoms with Crippen LogP contribution in [0.1, 0.15) is 42.9 Å². The SMILES string of the molecule is CCc1cccc(NN2CCc3c(-c4cccc(C)c4)nc(N4CCCCC4)nc32)c1. The number of aromatic nitrogens is 2. The van der Waals surface area contributed by atoms with E-state index in [1.165, 1.54) is 41.5 Å². The van der Waals surface area contributed by atoms with Gasteiger partial charge in [0.25, 0.3) is 0 Å². The van der Waals surface area contributed by atoms with E-state index in [9.17, 15) is 0 Å². The van der Waals surface area contributed by atoms with Crippen LogP contribution in [0.3, 0.4) is 0 Å². The number of benzene rings is 2. The molecule has 5 rings (SSSR count). The normalized spacial score (nSPS) is 15.8. The summed E-state index contributed by atoms with van der Waals surface area (Å²) >= 11 is 0. The summed E-state index contributed by atoms with van der Waals surface area (Å²) in [5.74, 6) is 1.89. The van der Waals surface area contributed by atoms with Crippen LogP contribution in [-0.2, 0) is 12.8 Å². The van der Waals surface area contributed by atoms with Gasteiger partial charge in [-0.15, -0.1) is 0 Å². The fourth-order valence-corrected chi connectivity index (χ4v) is 4.64. The molecule has 2 aromatic carbocycles. The highest BCUT2D eigenvalue weighted by Gasteiger charge is 2.28. The fraction of sp³-hybridized carbons (Fsp3) is 0.385. The first-order valence-electron chi connectivity index (χ1n) is 11.6. The molecule has 0 aliphatic carbocycles. The van der Waals surface area contributed by atoms with Crippen molar-refractivity contribution in [3.63, 3.8) is 0 Å². The molecule has 2 aliphatic heterocycles. The topological polar surface area (TPSA) is 44.3 Å². The van der Waals surface area contributed by atoms with E-state index in [4.69, 9.17) is 9.97 Å². The lowest BCUT2D eigenvalue weighted by Gasteiger charge is -2.28. The van der Waals surface area contributed by atoms with Gasteiger partial charge in [0.2, 0.25) is 5.95 Å². The molecule has 5 heteroatoms. The van der Waals surface area contributed by atoms with Gasteiger partial charge in [-0.2, -0.15) is 4.98 Å². The van der Waals surface area contributed by atoms with Crippen LogP contribution in [0.4, 0.5) is 17.5 Å². The number of piperidine rings is 1. The van der Waals surface area contributed by atoms with Gasteiger partial charge in [-0.05, 0) is 62.8 Å². The number of hydrazine groups is 1. The fourth-order valence-electron chi connectivity index (χ4n) is 4.64. The molecule has 1 aromatic heterocycles. The Kier molecular flexibility index (Phi) is 5.49. The van der Waals surface area contributed by atoms with Crippen LogP contribution >= 0.6 is 0 Å². The maximum Gasteiger partial charge on any atom is 0.227 e. The molecule has 0 amide bonds. The van der Waals surface area contributed by atoms with E-state index < -0.39 is 0 Å². The van der Waals surface area contributed by atoms with Crippen LogP contribution in [0, 0.1) is 6.92 Å². The van der Waals surface area contributed by atoms with Crippen molar-refractivity contribution >= 4 is 17.5 Å². The van der Waals surface area contributed by atoms with Crippen LogP contribution in [0.2, 0.25) is 0 Å². The maximum absolute atomic E-state index is 5.11. The molecule has 0 bridgehead atoms. The molecular formula is C26H31N5. The Morgan fingerprint density at radius 3 is 2.58 bits per heavy atom. The summed E-state index contributed by atoms with van der Waals surface area (Å²) in [6.07, 6.45) is 5.70. The zero-order valence-corrected chi connectivity index (χ0v) is 18.6. The first-order valence-corrected chi connectivity index (χ1v) is 11.6. The standard InChI is InChI=1S/C26H31N5/c1-3-20-10-8-12-22(18-20)29-31-16-13-23-24(21-11-7-9-19(2)17-21)27-26(28-25(23)31)30-14-5-4-6-15-30/h7-12,17-18,29H,3-6,13-16H2,1-2H3. The van der Waals surface area contributed by atoms with Gasteiger partial charge in [0, 0.05) is 30.8 Å². The Hall–Kier alpha value is -3.08. The molecule has 3 heterocycles. The quantitative estimate of drug-likeness (QED) is 0.607. The van der Waals surface area contributed by atoms with Crippen molar-refractivity contribution in [1.29, 1.82) is 0 Å². The lowest BCUT2D eigenvalue weighted by molar-refractivity contribution is 0.568. The highest BCUT2D eigenvalue weighted by molar-refractivity contribution is 5.74. The zero-order valence-electron chi connectivity index (χ0n) is 18.6. The van der Waals surface area contributed by atoms with E-state index in [1.54, 1.807) is 0 Å². The molecule has 2 aliphatic rings. The Labute approximate surface area is 185 Å². The maximum atomic E-state index is 5.11. The minimum absolute atomic E-state index is 0.867. The molecule has 0 unspecified atom stereocenters. The van der Waals surface area contributed by atoms with Crippen molar-refractivity contribution in [2.45, 2.75) is 46.0 Å². The van der Waals surface area contributed by atoms with Gasteiger partial charge in [-0.1, -0.05) is 42.8 Å². The molecule has 31 heavy (non-hydrogen) atoms. The summed E-state index contributed by atoms with van der Waals surface area (Å²) in [5, 5.41) is 2.21. The molecular weight excluding hydrogens is 382 g/mol. The number of aryl methyl sites for hydroxylation is 2. The van der Waals surface area contributed by atoms with Crippen LogP contribution in [-0.4, -0.2) is 29.6 Å². The van der Waals surface area contributed by atoms with Crippen molar-refractivity contribution in [3.05, 3.63) is 65.2 Å². The monoisotopic (exact) mass is 413 g/mol. The third-order valence-electron chi connectivity index (χ3n) is 6.34. The average Bonchev–Trinajstić information content (AvgIpc) is 3.22. The van der Waals surface area contributed by atoms with Gasteiger partial charge < -0.3 is 4.90 Å². The Bertz CT molecular complexity index is 1070. The predicted octanol–water partition coefficient (Wildman–Crippen LogP) is 5.39. The molecule has 0 spiro atoms. The van der Waals surface area contributed by atoms with Crippen molar-refractivity contribution in [3.8, 4) is 11.3 Å². The van der Waals surface area contributed by atoms with Crippen LogP contribution in [0.5, 0.6) is 0 Å². The smallest absolute Gasteiger partial charge is 0.227 e. The number of hydrogen-bond acceptors (Lipinski definition) is 5. The van der Waals surface area contributed by atoms with E-state index in [-0.39, 0.29) is 0 Å². The number of rotatable bonds is 5. The first kappa shape index (κ1) is 19.9. The lowest BCUT2D eigenvalue weighted by atomic mass is 10.0. The Morgan fingerprint density at radius 1 is 0.935 bits per heavy atom. The first-order chi connectivity index (χ1) is 15.2. The minimum Gasteiger partial charge on any atom is -0.341 e. The summed E-state index contributed by atoms with van der Waals surface area (Å²) in [7, 11) is 0. The second kappa shape index (κ2) is 8.58. The summed E-state index contributed by atoms with van der Waals surface area (Å²) in [6, 6.07) is 17.3. The van der Waals surface area contributed by atoms with Crippen LogP contribution < -0.4 is 15.3 Å². The second-order valence-corrected chi connectivity index (χ2v) is 8.66. The van der Waals surface area contributed by atoms with E-state index in [0.29, 0.717) is 0 Å². The molecule has 0 saturated carbocycles. The van der Waals surface area contributed by atoms with Gasteiger partial charge in [0.1, 0.15) is 0 Å². The summed E-state index contributed by atoms with van der Waals surface area (Å²) in [6.45, 7) is 7.31. The van der Waals surface area contributed by atoms with Crippen molar-refractivity contribution < 1.29 is 0 Å². The van der Waals surface area contributed by atoms with Crippen molar-refractivity contribution in [2.75, 3.05) is 35.0 Å². The summed E-state index contributed by atoms with van der Waals surface area (Å²) in [4.78, 5) is 12.6. The molecule has 0 radical (unpaired) electrons. The molecule has 5 nitrogen and oxygen atoms in total. The number of fused-ring (bicyclic) bond motifs is 1. The van der Waals surface area contributed by atoms with Gasteiger partial charge in [0.05, 0.1) is 11.4 Å². The van der Waals surface area contributed by atoms with Crippen molar-refractivity contribution in [1.82, 2.24) is 9.97 Å². The molecule has 160 valence electrons. The Morgan fingerprint density at radius 2 is 1.77 bits per heavy atom. The highest BCUT2D eigenvalue weighted by Crippen LogP contribution is 2.36. The highest BCUT2D eigenvalue weighted by atomic mass is 15.5. The van der Waals surface area contributed by atoms with E-state index in [1.807, 2.05) is 0 Å². The molecule has 1 saturated heterocycles. The molecule has 0 atom stereocenters. The van der Waals surface area contributed by atoms with Crippen LogP contribution in [0.15, 0.2) is 48.5 Å². The van der Waals surface area contributed by atoms with Gasteiger partial charge >= 0.3 is 0 Å². The zero-order chi connectivity index (χ0) is 21.2. The Balaban J connectivity index is 1.55. The van der Waals surface area contributed by atoms with Gasteiger partial charge in [-0.25, -0.2) is 4.98 Å². The number of nitrogens with zero attached hydrogens (tertiary/aromatic N) is 4. The molecule has 1 N–H and O–H groups in total. The largest absolute Gasteiger partial charge is 0.341 e. The predicted molar refractivity (Wildman–Crippen MR) is 129 cm³/mol. The molecule has 3 aromatic rings. The van der Waals surface area contributed by atoms with Gasteiger partial charge in [-0.3, -0.25) is 10.4 Å². The second-order valence-electron chi connectivity index (χ2n) is 8.66. The number of anilines is 3. The minimum atomic E-state index is 0.867. The van der Waals surface area contributed by atoms with Gasteiger partial charge in [0.15, 0.2) is 5.82 Å². The van der Waals surface area contributed by atoms with Crippen LogP contribution in [0.25, 0.3) is 11.3 Å².